The lowest BCUT2D eigenvalue weighted by molar-refractivity contribution is -0.171. The summed E-state index contributed by atoms with van der Waals surface area (Å²) in [5.41, 5.74) is 0. The molecule has 13 heavy (non-hydrogen) atoms. The number of carbonyl (C=O) groups excluding carboxylic acids is 1. The SMILES string of the molecule is O=C(O)CCCCC(=O)C(F)(F)F. The smallest absolute Gasteiger partial charge is 0.449 e. The van der Waals surface area contributed by atoms with Gasteiger partial charge in [0.1, 0.15) is 0 Å². The lowest BCUT2D eigenvalue weighted by Gasteiger charge is -2.03. The predicted octanol–water partition coefficient (Wildman–Crippen LogP) is 1.76. The summed E-state index contributed by atoms with van der Waals surface area (Å²) in [5, 5.41) is 8.13. The van der Waals surface area contributed by atoms with Gasteiger partial charge < -0.3 is 5.11 Å². The van der Waals surface area contributed by atoms with Gasteiger partial charge >= 0.3 is 12.1 Å². The number of alkyl halides is 3. The van der Waals surface area contributed by atoms with Crippen LogP contribution in [0.3, 0.4) is 0 Å². The van der Waals surface area contributed by atoms with Gasteiger partial charge in [0.25, 0.3) is 0 Å². The zero-order valence-corrected chi connectivity index (χ0v) is 6.73. The summed E-state index contributed by atoms with van der Waals surface area (Å²) in [5.74, 6) is -2.86. The highest BCUT2D eigenvalue weighted by Crippen LogP contribution is 2.19. The van der Waals surface area contributed by atoms with Gasteiger partial charge in [0.2, 0.25) is 5.78 Å². The van der Waals surface area contributed by atoms with Crippen molar-refractivity contribution >= 4 is 11.8 Å². The fourth-order valence-electron chi connectivity index (χ4n) is 0.704. The summed E-state index contributed by atoms with van der Waals surface area (Å²) in [6.45, 7) is 0. The van der Waals surface area contributed by atoms with E-state index in [0.29, 0.717) is 0 Å². The molecule has 0 aliphatic carbocycles. The van der Waals surface area contributed by atoms with E-state index in [0.717, 1.165) is 0 Å². The Hall–Kier alpha value is -1.07. The summed E-state index contributed by atoms with van der Waals surface area (Å²) in [4.78, 5) is 20.2. The Morgan fingerprint density at radius 3 is 1.92 bits per heavy atom. The number of hydrogen-bond donors (Lipinski definition) is 1. The van der Waals surface area contributed by atoms with E-state index in [-0.39, 0.29) is 19.3 Å². The molecule has 0 bridgehead atoms. The summed E-state index contributed by atoms with van der Waals surface area (Å²) >= 11 is 0. The third kappa shape index (κ3) is 6.12. The van der Waals surface area contributed by atoms with E-state index in [1.807, 2.05) is 0 Å². The fraction of sp³-hybridized carbons (Fsp3) is 0.714. The van der Waals surface area contributed by atoms with Crippen LogP contribution in [0.15, 0.2) is 0 Å². The number of hydrogen-bond acceptors (Lipinski definition) is 2. The Labute approximate surface area is 72.5 Å². The van der Waals surface area contributed by atoms with Crippen LogP contribution < -0.4 is 0 Å². The summed E-state index contributed by atoms with van der Waals surface area (Å²) in [7, 11) is 0. The molecule has 6 heteroatoms. The van der Waals surface area contributed by atoms with Gasteiger partial charge in [0.15, 0.2) is 0 Å². The highest BCUT2D eigenvalue weighted by atomic mass is 19.4. The first-order valence-electron chi connectivity index (χ1n) is 3.66. The quantitative estimate of drug-likeness (QED) is 0.685. The Morgan fingerprint density at radius 1 is 1.08 bits per heavy atom. The van der Waals surface area contributed by atoms with Gasteiger partial charge in [-0.3, -0.25) is 9.59 Å². The highest BCUT2D eigenvalue weighted by molar-refractivity contribution is 5.83. The van der Waals surface area contributed by atoms with Gasteiger partial charge in [-0.15, -0.1) is 0 Å². The molecule has 76 valence electrons. The van der Waals surface area contributed by atoms with E-state index in [1.165, 1.54) is 0 Å². The average Bonchev–Trinajstić information content (AvgIpc) is 1.95. The number of ketones is 1. The molecule has 0 spiro atoms. The van der Waals surface area contributed by atoms with Crippen molar-refractivity contribution in [3.05, 3.63) is 0 Å². The number of rotatable bonds is 5. The van der Waals surface area contributed by atoms with Gasteiger partial charge in [-0.2, -0.15) is 13.2 Å². The lowest BCUT2D eigenvalue weighted by atomic mass is 10.1. The third-order valence-electron chi connectivity index (χ3n) is 1.36. The molecule has 0 aromatic rings. The van der Waals surface area contributed by atoms with Crippen molar-refractivity contribution in [1.29, 1.82) is 0 Å². The van der Waals surface area contributed by atoms with Crippen LogP contribution in [0, 0.1) is 0 Å². The second-order valence-electron chi connectivity index (χ2n) is 2.52. The van der Waals surface area contributed by atoms with Crippen molar-refractivity contribution < 1.29 is 27.9 Å². The van der Waals surface area contributed by atoms with Crippen molar-refractivity contribution in [1.82, 2.24) is 0 Å². The predicted molar refractivity (Wildman–Crippen MR) is 37.2 cm³/mol. The van der Waals surface area contributed by atoms with E-state index >= 15 is 0 Å². The minimum atomic E-state index is -4.79. The van der Waals surface area contributed by atoms with Gasteiger partial charge in [-0.25, -0.2) is 0 Å². The second-order valence-corrected chi connectivity index (χ2v) is 2.52. The molecule has 0 unspecified atom stereocenters. The molecule has 0 aliphatic rings. The van der Waals surface area contributed by atoms with Gasteiger partial charge in [-0.05, 0) is 12.8 Å². The fourth-order valence-corrected chi connectivity index (χ4v) is 0.704. The molecule has 0 radical (unpaired) electrons. The Balaban J connectivity index is 3.55. The standard InChI is InChI=1S/C7H9F3O3/c8-7(9,10)5(11)3-1-2-4-6(12)13/h1-4H2,(H,12,13). The molecule has 1 N–H and O–H groups in total. The number of halogens is 3. The van der Waals surface area contributed by atoms with Crippen molar-refractivity contribution in [3.63, 3.8) is 0 Å². The lowest BCUT2D eigenvalue weighted by Crippen LogP contribution is -2.22. The van der Waals surface area contributed by atoms with Gasteiger partial charge in [0.05, 0.1) is 0 Å². The zero-order valence-electron chi connectivity index (χ0n) is 6.73. The molecule has 0 aliphatic heterocycles. The molecule has 0 heterocycles. The van der Waals surface area contributed by atoms with Crippen LogP contribution >= 0.6 is 0 Å². The van der Waals surface area contributed by atoms with Crippen molar-refractivity contribution in [2.75, 3.05) is 0 Å². The number of carboxylic acids is 1. The molecule has 0 atom stereocenters. The van der Waals surface area contributed by atoms with Crippen LogP contribution in [0.4, 0.5) is 13.2 Å². The number of carbonyl (C=O) groups is 2. The van der Waals surface area contributed by atoms with Crippen LogP contribution in [0.25, 0.3) is 0 Å². The van der Waals surface area contributed by atoms with Gasteiger partial charge in [0, 0.05) is 12.8 Å². The normalized spacial score (nSPS) is 11.3. The number of carboxylic acid groups (broad SMARTS) is 1. The van der Waals surface area contributed by atoms with Crippen LogP contribution in [-0.4, -0.2) is 23.0 Å². The van der Waals surface area contributed by atoms with Crippen LogP contribution in [-0.2, 0) is 9.59 Å². The van der Waals surface area contributed by atoms with Crippen molar-refractivity contribution in [2.45, 2.75) is 31.9 Å². The number of Topliss-reactive ketones (excluding diaryl/α,β-unsaturated/α-hetero) is 1. The summed E-state index contributed by atoms with van der Waals surface area (Å²) in [6.07, 6.45) is -5.56. The molecule has 0 amide bonds. The average molecular weight is 198 g/mol. The van der Waals surface area contributed by atoms with E-state index in [4.69, 9.17) is 5.11 Å². The molecule has 0 fully saturated rings. The summed E-state index contributed by atoms with van der Waals surface area (Å²) < 4.78 is 34.7. The van der Waals surface area contributed by atoms with Gasteiger partial charge in [-0.1, -0.05) is 0 Å². The van der Waals surface area contributed by atoms with Crippen molar-refractivity contribution in [3.8, 4) is 0 Å². The maximum Gasteiger partial charge on any atom is 0.449 e. The molecule has 0 aromatic heterocycles. The first kappa shape index (κ1) is 11.9. The maximum absolute atomic E-state index is 11.6. The number of unbranched alkanes of at least 4 members (excludes halogenated alkanes) is 1. The first-order chi connectivity index (χ1) is 5.84. The topological polar surface area (TPSA) is 54.4 Å². The minimum Gasteiger partial charge on any atom is -0.481 e. The van der Waals surface area contributed by atoms with E-state index < -0.39 is 24.3 Å². The Kier molecular flexibility index (Phi) is 4.44. The van der Waals surface area contributed by atoms with Crippen molar-refractivity contribution in [2.24, 2.45) is 0 Å². The van der Waals surface area contributed by atoms with E-state index in [1.54, 1.807) is 0 Å². The monoisotopic (exact) mass is 198 g/mol. The molecule has 0 saturated carbocycles. The Bertz CT molecular complexity index is 198. The molecule has 3 nitrogen and oxygen atoms in total. The van der Waals surface area contributed by atoms with E-state index in [9.17, 15) is 22.8 Å². The molecular weight excluding hydrogens is 189 g/mol. The first-order valence-corrected chi connectivity index (χ1v) is 3.66. The molecule has 0 rings (SSSR count). The molecule has 0 saturated heterocycles. The van der Waals surface area contributed by atoms with Crippen LogP contribution in [0.1, 0.15) is 25.7 Å². The minimum absolute atomic E-state index is 0.0371. The zero-order chi connectivity index (χ0) is 10.5. The van der Waals surface area contributed by atoms with Crippen LogP contribution in [0.2, 0.25) is 0 Å². The Morgan fingerprint density at radius 2 is 1.54 bits per heavy atom. The number of aliphatic carboxylic acids is 1. The third-order valence-corrected chi connectivity index (χ3v) is 1.36. The second kappa shape index (κ2) is 4.84. The van der Waals surface area contributed by atoms with Crippen LogP contribution in [0.5, 0.6) is 0 Å². The summed E-state index contributed by atoms with van der Waals surface area (Å²) in [6, 6.07) is 0. The largest absolute Gasteiger partial charge is 0.481 e. The molecular formula is C7H9F3O3. The maximum atomic E-state index is 11.6. The highest BCUT2D eigenvalue weighted by Gasteiger charge is 2.37. The van der Waals surface area contributed by atoms with E-state index in [2.05, 4.69) is 0 Å². The molecule has 0 aromatic carbocycles.